The normalized spacial score (nSPS) is 26.2. The number of carbonyl (C=O) groups excluding carboxylic acids is 1. The van der Waals surface area contributed by atoms with Crippen LogP contribution in [0.3, 0.4) is 0 Å². The van der Waals surface area contributed by atoms with Gasteiger partial charge >= 0.3 is 6.16 Å². The molecule has 0 unspecified atom stereocenters. The molecule has 0 aliphatic carbocycles. The average Bonchev–Trinajstić information content (AvgIpc) is 3.23. The SMILES string of the molecule is CCOC(=O)OC[C@H]1O[C@@H](Oc2nn(C3CCOCC3)c(C)c2Cc2ccc(CC)cc2)[C@H](O)[C@@H](O)[C@@H]1O. The lowest BCUT2D eigenvalue weighted by molar-refractivity contribution is -0.278. The molecule has 1 aromatic heterocycles. The quantitative estimate of drug-likeness (QED) is 0.409. The van der Waals surface area contributed by atoms with Crippen LogP contribution in [0.4, 0.5) is 4.79 Å². The highest BCUT2D eigenvalue weighted by molar-refractivity contribution is 5.59. The molecular weight excluding hydrogens is 496 g/mol. The minimum atomic E-state index is -1.59. The Hall–Kier alpha value is -2.70. The van der Waals surface area contributed by atoms with Gasteiger partial charge in [0.05, 0.1) is 12.6 Å². The van der Waals surface area contributed by atoms with Crippen molar-refractivity contribution in [3.8, 4) is 5.88 Å². The van der Waals surface area contributed by atoms with Crippen LogP contribution in [0.1, 0.15) is 55.1 Å². The van der Waals surface area contributed by atoms with Gasteiger partial charge in [-0.05, 0) is 44.2 Å². The van der Waals surface area contributed by atoms with Crippen molar-refractivity contribution in [2.45, 2.75) is 83.2 Å². The lowest BCUT2D eigenvalue weighted by Gasteiger charge is -2.39. The van der Waals surface area contributed by atoms with Crippen LogP contribution < -0.4 is 4.74 Å². The largest absolute Gasteiger partial charge is 0.508 e. The van der Waals surface area contributed by atoms with Crippen molar-refractivity contribution in [2.75, 3.05) is 26.4 Å². The second kappa shape index (κ2) is 12.9. The molecule has 2 aliphatic rings. The molecule has 0 radical (unpaired) electrons. The van der Waals surface area contributed by atoms with E-state index < -0.39 is 43.5 Å². The fourth-order valence-corrected chi connectivity index (χ4v) is 4.78. The van der Waals surface area contributed by atoms with E-state index >= 15 is 0 Å². The number of hydrogen-bond acceptors (Lipinski definition) is 10. The first-order chi connectivity index (χ1) is 18.3. The Kier molecular flexibility index (Phi) is 9.61. The summed E-state index contributed by atoms with van der Waals surface area (Å²) in [5.41, 5.74) is 4.07. The van der Waals surface area contributed by atoms with Crippen molar-refractivity contribution in [3.05, 3.63) is 46.6 Å². The van der Waals surface area contributed by atoms with Gasteiger partial charge in [-0.3, -0.25) is 4.68 Å². The summed E-state index contributed by atoms with van der Waals surface area (Å²) in [6.07, 6.45) is -4.97. The van der Waals surface area contributed by atoms with Gasteiger partial charge in [0.25, 0.3) is 0 Å². The van der Waals surface area contributed by atoms with E-state index in [0.29, 0.717) is 19.6 Å². The molecule has 0 saturated carbocycles. The summed E-state index contributed by atoms with van der Waals surface area (Å²) in [6, 6.07) is 8.46. The minimum absolute atomic E-state index is 0.124. The van der Waals surface area contributed by atoms with E-state index in [1.54, 1.807) is 6.92 Å². The molecule has 4 rings (SSSR count). The number of benzene rings is 1. The minimum Gasteiger partial charge on any atom is -0.443 e. The molecule has 3 N–H and O–H groups in total. The van der Waals surface area contributed by atoms with Gasteiger partial charge in [0, 0.05) is 30.9 Å². The Bertz CT molecular complexity index is 1050. The number of aliphatic hydroxyl groups is 3. The highest BCUT2D eigenvalue weighted by Crippen LogP contribution is 2.33. The highest BCUT2D eigenvalue weighted by Gasteiger charge is 2.46. The molecule has 11 nitrogen and oxygen atoms in total. The lowest BCUT2D eigenvalue weighted by atomic mass is 9.99. The summed E-state index contributed by atoms with van der Waals surface area (Å²) in [7, 11) is 0. The smallest absolute Gasteiger partial charge is 0.443 e. The lowest BCUT2D eigenvalue weighted by Crippen LogP contribution is -2.60. The van der Waals surface area contributed by atoms with E-state index in [1.807, 2.05) is 11.6 Å². The molecular formula is C27H38N2O9. The third kappa shape index (κ3) is 6.47. The number of aromatic nitrogens is 2. The molecule has 0 bridgehead atoms. The third-order valence-corrected chi connectivity index (χ3v) is 7.11. The van der Waals surface area contributed by atoms with Crippen LogP contribution in [-0.2, 0) is 31.8 Å². The van der Waals surface area contributed by atoms with Crippen LogP contribution in [0.15, 0.2) is 24.3 Å². The zero-order chi connectivity index (χ0) is 27.2. The summed E-state index contributed by atoms with van der Waals surface area (Å²) in [5, 5.41) is 36.3. The second-order valence-corrected chi connectivity index (χ2v) is 9.63. The summed E-state index contributed by atoms with van der Waals surface area (Å²) in [4.78, 5) is 11.6. The summed E-state index contributed by atoms with van der Waals surface area (Å²) >= 11 is 0. The second-order valence-electron chi connectivity index (χ2n) is 9.63. The molecule has 3 heterocycles. The highest BCUT2D eigenvalue weighted by atomic mass is 16.7. The first-order valence-corrected chi connectivity index (χ1v) is 13.2. The number of nitrogens with zero attached hydrogens (tertiary/aromatic N) is 2. The molecule has 0 spiro atoms. The van der Waals surface area contributed by atoms with Crippen molar-refractivity contribution in [1.29, 1.82) is 0 Å². The maximum Gasteiger partial charge on any atom is 0.508 e. The van der Waals surface area contributed by atoms with Gasteiger partial charge in [0.2, 0.25) is 12.2 Å². The monoisotopic (exact) mass is 534 g/mol. The van der Waals surface area contributed by atoms with Crippen molar-refractivity contribution in [1.82, 2.24) is 9.78 Å². The number of ether oxygens (including phenoxy) is 5. The molecule has 2 saturated heterocycles. The number of carbonyl (C=O) groups is 1. The van der Waals surface area contributed by atoms with Crippen LogP contribution in [0.5, 0.6) is 5.88 Å². The Morgan fingerprint density at radius 3 is 2.37 bits per heavy atom. The Morgan fingerprint density at radius 1 is 1.03 bits per heavy atom. The van der Waals surface area contributed by atoms with Crippen molar-refractivity contribution < 1.29 is 43.8 Å². The van der Waals surface area contributed by atoms with Crippen LogP contribution in [-0.4, -0.2) is 88.4 Å². The molecule has 11 heteroatoms. The van der Waals surface area contributed by atoms with E-state index in [9.17, 15) is 20.1 Å². The molecule has 2 fully saturated rings. The van der Waals surface area contributed by atoms with E-state index in [4.69, 9.17) is 28.8 Å². The topological polar surface area (TPSA) is 142 Å². The predicted molar refractivity (Wildman–Crippen MR) is 135 cm³/mol. The van der Waals surface area contributed by atoms with Crippen LogP contribution in [0.2, 0.25) is 0 Å². The van der Waals surface area contributed by atoms with Crippen LogP contribution >= 0.6 is 0 Å². The fraction of sp³-hybridized carbons (Fsp3) is 0.630. The predicted octanol–water partition coefficient (Wildman–Crippen LogP) is 2.06. The summed E-state index contributed by atoms with van der Waals surface area (Å²) in [6.45, 7) is 6.74. The zero-order valence-corrected chi connectivity index (χ0v) is 22.1. The van der Waals surface area contributed by atoms with Gasteiger partial charge in [0.15, 0.2) is 0 Å². The summed E-state index contributed by atoms with van der Waals surface area (Å²) < 4.78 is 29.0. The average molecular weight is 535 g/mol. The summed E-state index contributed by atoms with van der Waals surface area (Å²) in [5.74, 6) is 0.270. The third-order valence-electron chi connectivity index (χ3n) is 7.11. The molecule has 210 valence electrons. The van der Waals surface area contributed by atoms with Gasteiger partial charge in [-0.1, -0.05) is 31.2 Å². The fourth-order valence-electron chi connectivity index (χ4n) is 4.78. The molecule has 2 aromatic rings. The molecule has 0 amide bonds. The van der Waals surface area contributed by atoms with Crippen molar-refractivity contribution >= 4 is 6.16 Å². The molecule has 1 aromatic carbocycles. The Balaban J connectivity index is 1.58. The Labute approximate surface area is 222 Å². The maximum atomic E-state index is 11.6. The van der Waals surface area contributed by atoms with Gasteiger partial charge in [-0.25, -0.2) is 4.79 Å². The van der Waals surface area contributed by atoms with E-state index in [0.717, 1.165) is 36.1 Å². The van der Waals surface area contributed by atoms with E-state index in [2.05, 4.69) is 31.2 Å². The van der Waals surface area contributed by atoms with E-state index in [-0.39, 0.29) is 18.5 Å². The number of aliphatic hydroxyl groups excluding tert-OH is 3. The van der Waals surface area contributed by atoms with Gasteiger partial charge in [0.1, 0.15) is 31.0 Å². The van der Waals surface area contributed by atoms with Crippen LogP contribution in [0.25, 0.3) is 0 Å². The van der Waals surface area contributed by atoms with Gasteiger partial charge < -0.3 is 39.0 Å². The Morgan fingerprint density at radius 2 is 1.71 bits per heavy atom. The number of hydrogen-bond donors (Lipinski definition) is 3. The standard InChI is InChI=1S/C27H38N2O9/c1-4-17-6-8-18(9-7-17)14-20-16(3)29(19-10-12-34-13-11-19)28-25(20)38-26-24(32)23(31)22(30)21(37-26)15-36-27(33)35-5-2/h6-9,19,21-24,26,30-32H,4-5,10-15H2,1-3H3/t21-,22-,23+,24-,26+/m1/s1. The molecule has 2 aliphatic heterocycles. The number of rotatable bonds is 9. The molecule has 38 heavy (non-hydrogen) atoms. The molecule has 5 atom stereocenters. The van der Waals surface area contributed by atoms with Gasteiger partial charge in [-0.15, -0.1) is 5.10 Å². The number of aryl methyl sites for hydroxylation is 1. The zero-order valence-electron chi connectivity index (χ0n) is 22.1. The first kappa shape index (κ1) is 28.3. The van der Waals surface area contributed by atoms with Crippen molar-refractivity contribution in [3.63, 3.8) is 0 Å². The maximum absolute atomic E-state index is 11.6. The van der Waals surface area contributed by atoms with Gasteiger partial charge in [-0.2, -0.15) is 0 Å². The van der Waals surface area contributed by atoms with Crippen LogP contribution in [0, 0.1) is 6.92 Å². The van der Waals surface area contributed by atoms with Crippen molar-refractivity contribution in [2.24, 2.45) is 0 Å². The van der Waals surface area contributed by atoms with E-state index in [1.165, 1.54) is 5.56 Å². The first-order valence-electron chi connectivity index (χ1n) is 13.2.